The Kier molecular flexibility index (Phi) is 7.44. The molecular formula is C20H21FN6O3S. The summed E-state index contributed by atoms with van der Waals surface area (Å²) in [6.45, 7) is 2.38. The fourth-order valence-electron chi connectivity index (χ4n) is 2.51. The number of aromatic nitrogens is 3. The first kappa shape index (κ1) is 22.1. The molecule has 1 aromatic heterocycles. The molecule has 4 N–H and O–H groups in total. The largest absolute Gasteiger partial charge is 0.486 e. The molecule has 0 saturated carbocycles. The summed E-state index contributed by atoms with van der Waals surface area (Å²) < 4.78 is 19.7. The monoisotopic (exact) mass is 444 g/mol. The van der Waals surface area contributed by atoms with Crippen LogP contribution in [0.3, 0.4) is 0 Å². The minimum absolute atomic E-state index is 0.0362. The number of carbonyl (C=O) groups excluding carboxylic acids is 2. The Morgan fingerprint density at radius 1 is 1.19 bits per heavy atom. The maximum Gasteiger partial charge on any atom is 0.251 e. The van der Waals surface area contributed by atoms with Crippen LogP contribution in [-0.2, 0) is 11.4 Å². The molecule has 9 nitrogen and oxygen atoms in total. The van der Waals surface area contributed by atoms with Crippen molar-refractivity contribution in [2.24, 2.45) is 0 Å². The fourth-order valence-corrected chi connectivity index (χ4v) is 3.19. The third-order valence-corrected chi connectivity index (χ3v) is 4.94. The highest BCUT2D eigenvalue weighted by Crippen LogP contribution is 2.18. The summed E-state index contributed by atoms with van der Waals surface area (Å²) in [4.78, 5) is 24.2. The zero-order chi connectivity index (χ0) is 22.2. The maximum atomic E-state index is 12.9. The van der Waals surface area contributed by atoms with E-state index < -0.39 is 0 Å². The number of nitrogens with one attached hydrogen (secondary N) is 2. The molecule has 0 fully saturated rings. The summed E-state index contributed by atoms with van der Waals surface area (Å²) >= 11 is 1.11. The molecule has 11 heteroatoms. The van der Waals surface area contributed by atoms with Gasteiger partial charge in [-0.05, 0) is 49.4 Å². The average molecular weight is 444 g/mol. The topological polar surface area (TPSA) is 124 Å². The SMILES string of the molecule is CCNC(=O)c1cccc(NC(=O)CSc2nnc(COc3ccc(F)cc3)n2N)c1. The number of thioether (sulfide) groups is 1. The van der Waals surface area contributed by atoms with Crippen molar-refractivity contribution in [1.29, 1.82) is 0 Å². The fraction of sp³-hybridized carbons (Fsp3) is 0.200. The van der Waals surface area contributed by atoms with Crippen LogP contribution in [-0.4, -0.2) is 39.0 Å². The van der Waals surface area contributed by atoms with Crippen LogP contribution >= 0.6 is 11.8 Å². The molecular weight excluding hydrogens is 423 g/mol. The van der Waals surface area contributed by atoms with E-state index in [4.69, 9.17) is 10.6 Å². The number of nitrogens with zero attached hydrogens (tertiary/aromatic N) is 3. The highest BCUT2D eigenvalue weighted by Gasteiger charge is 2.14. The van der Waals surface area contributed by atoms with E-state index in [2.05, 4.69) is 20.8 Å². The first-order valence-corrected chi connectivity index (χ1v) is 10.3. The van der Waals surface area contributed by atoms with E-state index in [0.29, 0.717) is 34.5 Å². The Labute approximate surface area is 182 Å². The van der Waals surface area contributed by atoms with Crippen LogP contribution in [0.2, 0.25) is 0 Å². The minimum atomic E-state index is -0.359. The summed E-state index contributed by atoms with van der Waals surface area (Å²) in [5.41, 5.74) is 0.969. The number of hydrogen-bond donors (Lipinski definition) is 3. The molecule has 0 aliphatic carbocycles. The van der Waals surface area contributed by atoms with Gasteiger partial charge in [-0.15, -0.1) is 10.2 Å². The van der Waals surface area contributed by atoms with E-state index in [1.165, 1.54) is 28.9 Å². The van der Waals surface area contributed by atoms with Gasteiger partial charge in [0.15, 0.2) is 5.82 Å². The van der Waals surface area contributed by atoms with E-state index >= 15 is 0 Å². The van der Waals surface area contributed by atoms with Gasteiger partial charge in [-0.25, -0.2) is 9.07 Å². The van der Waals surface area contributed by atoms with Gasteiger partial charge in [0.25, 0.3) is 5.91 Å². The average Bonchev–Trinajstić information content (AvgIpc) is 3.11. The number of rotatable bonds is 9. The van der Waals surface area contributed by atoms with Crippen molar-refractivity contribution in [3.8, 4) is 5.75 Å². The van der Waals surface area contributed by atoms with Crippen molar-refractivity contribution in [1.82, 2.24) is 20.2 Å². The molecule has 31 heavy (non-hydrogen) atoms. The Morgan fingerprint density at radius 2 is 1.97 bits per heavy atom. The molecule has 0 unspecified atom stereocenters. The predicted molar refractivity (Wildman–Crippen MR) is 115 cm³/mol. The molecule has 0 atom stereocenters. The van der Waals surface area contributed by atoms with Gasteiger partial charge in [-0.1, -0.05) is 17.8 Å². The Morgan fingerprint density at radius 3 is 2.71 bits per heavy atom. The quantitative estimate of drug-likeness (QED) is 0.341. The van der Waals surface area contributed by atoms with E-state index in [-0.39, 0.29) is 30.0 Å². The number of carbonyl (C=O) groups is 2. The molecule has 0 saturated heterocycles. The number of hydrogen-bond acceptors (Lipinski definition) is 7. The van der Waals surface area contributed by atoms with Crippen molar-refractivity contribution >= 4 is 29.3 Å². The Bertz CT molecular complexity index is 1060. The van der Waals surface area contributed by atoms with Gasteiger partial charge >= 0.3 is 0 Å². The molecule has 1 heterocycles. The number of halogens is 1. The highest BCUT2D eigenvalue weighted by atomic mass is 32.2. The third-order valence-electron chi connectivity index (χ3n) is 3.99. The molecule has 0 radical (unpaired) electrons. The molecule has 3 aromatic rings. The minimum Gasteiger partial charge on any atom is -0.486 e. The lowest BCUT2D eigenvalue weighted by Gasteiger charge is -2.08. The van der Waals surface area contributed by atoms with Crippen molar-refractivity contribution < 1.29 is 18.7 Å². The number of benzene rings is 2. The zero-order valence-electron chi connectivity index (χ0n) is 16.7. The molecule has 0 bridgehead atoms. The summed E-state index contributed by atoms with van der Waals surface area (Å²) in [6.07, 6.45) is 0. The van der Waals surface area contributed by atoms with Gasteiger partial charge in [-0.2, -0.15) is 0 Å². The van der Waals surface area contributed by atoms with Crippen molar-refractivity contribution in [2.45, 2.75) is 18.7 Å². The van der Waals surface area contributed by atoms with E-state index in [0.717, 1.165) is 11.8 Å². The summed E-state index contributed by atoms with van der Waals surface area (Å²) in [5, 5.41) is 13.7. The van der Waals surface area contributed by atoms with Gasteiger partial charge in [0, 0.05) is 17.8 Å². The van der Waals surface area contributed by atoms with E-state index in [9.17, 15) is 14.0 Å². The smallest absolute Gasteiger partial charge is 0.251 e. The number of anilines is 1. The third kappa shape index (κ3) is 6.19. The number of nitrogen functional groups attached to an aromatic ring is 1. The standard InChI is InChI=1S/C20H21FN6O3S/c1-2-23-19(29)13-4-3-5-15(10-13)24-18(28)12-31-20-26-25-17(27(20)22)11-30-16-8-6-14(21)7-9-16/h3-10H,2,11-12,22H2,1H3,(H,23,29)(H,24,28). The van der Waals surface area contributed by atoms with E-state index in [1.54, 1.807) is 24.3 Å². The van der Waals surface area contributed by atoms with Crippen LogP contribution in [0.15, 0.2) is 53.7 Å². The van der Waals surface area contributed by atoms with Gasteiger partial charge in [0.2, 0.25) is 11.1 Å². The normalized spacial score (nSPS) is 10.5. The van der Waals surface area contributed by atoms with Crippen LogP contribution in [0.4, 0.5) is 10.1 Å². The lowest BCUT2D eigenvalue weighted by Crippen LogP contribution is -2.23. The van der Waals surface area contributed by atoms with Crippen LogP contribution < -0.4 is 21.2 Å². The second kappa shape index (κ2) is 10.4. The van der Waals surface area contributed by atoms with Crippen LogP contribution in [0.5, 0.6) is 5.75 Å². The number of amides is 2. The molecule has 0 aliphatic rings. The first-order valence-electron chi connectivity index (χ1n) is 9.35. The zero-order valence-corrected chi connectivity index (χ0v) is 17.5. The predicted octanol–water partition coefficient (Wildman–Crippen LogP) is 2.19. The number of nitrogens with two attached hydrogens (primary N) is 1. The molecule has 3 rings (SSSR count). The molecule has 0 aliphatic heterocycles. The molecule has 2 aromatic carbocycles. The maximum absolute atomic E-state index is 12.9. The molecule has 0 spiro atoms. The number of ether oxygens (including phenoxy) is 1. The van der Waals surface area contributed by atoms with Crippen LogP contribution in [0.1, 0.15) is 23.1 Å². The second-order valence-electron chi connectivity index (χ2n) is 6.29. The molecule has 2 amide bonds. The van der Waals surface area contributed by atoms with Crippen molar-refractivity contribution in [3.05, 3.63) is 65.7 Å². The van der Waals surface area contributed by atoms with Gasteiger partial charge in [0.05, 0.1) is 5.75 Å². The lowest BCUT2D eigenvalue weighted by molar-refractivity contribution is -0.113. The Hall–Kier alpha value is -3.60. The Balaban J connectivity index is 1.52. The highest BCUT2D eigenvalue weighted by molar-refractivity contribution is 7.99. The van der Waals surface area contributed by atoms with Gasteiger partial charge in [-0.3, -0.25) is 9.59 Å². The molecule has 162 valence electrons. The van der Waals surface area contributed by atoms with Crippen LogP contribution in [0, 0.1) is 5.82 Å². The summed E-state index contributed by atoms with van der Waals surface area (Å²) in [5.74, 6) is 5.97. The first-order chi connectivity index (χ1) is 15.0. The van der Waals surface area contributed by atoms with Crippen molar-refractivity contribution in [2.75, 3.05) is 23.5 Å². The summed E-state index contributed by atoms with van der Waals surface area (Å²) in [6, 6.07) is 12.2. The summed E-state index contributed by atoms with van der Waals surface area (Å²) in [7, 11) is 0. The van der Waals surface area contributed by atoms with Gasteiger partial charge in [0.1, 0.15) is 18.2 Å². The van der Waals surface area contributed by atoms with E-state index in [1.807, 2.05) is 6.92 Å². The van der Waals surface area contributed by atoms with Gasteiger partial charge < -0.3 is 21.2 Å². The van der Waals surface area contributed by atoms with Crippen molar-refractivity contribution in [3.63, 3.8) is 0 Å². The second-order valence-corrected chi connectivity index (χ2v) is 7.23. The van der Waals surface area contributed by atoms with Crippen LogP contribution in [0.25, 0.3) is 0 Å². The lowest BCUT2D eigenvalue weighted by atomic mass is 10.2.